The first-order chi connectivity index (χ1) is 7.65. The third-order valence-corrected chi connectivity index (χ3v) is 2.54. The monoisotopic (exact) mass is 236 g/mol. The smallest absolute Gasteiger partial charge is 0.124 e. The van der Waals surface area contributed by atoms with Crippen LogP contribution in [0.2, 0.25) is 5.02 Å². The van der Waals surface area contributed by atoms with Crippen LogP contribution in [-0.2, 0) is 13.7 Å². The Labute approximate surface area is 99.6 Å². The van der Waals surface area contributed by atoms with Crippen LogP contribution in [0.25, 0.3) is 0 Å². The molecule has 3 nitrogen and oxygen atoms in total. The Hall–Kier alpha value is -1.48. The summed E-state index contributed by atoms with van der Waals surface area (Å²) in [6, 6.07) is 5.63. The zero-order chi connectivity index (χ0) is 11.5. The van der Waals surface area contributed by atoms with Gasteiger partial charge in [-0.25, -0.2) is 0 Å². The van der Waals surface area contributed by atoms with Gasteiger partial charge in [0.2, 0.25) is 0 Å². The first-order valence-electron chi connectivity index (χ1n) is 5.01. The van der Waals surface area contributed by atoms with E-state index in [0.717, 1.165) is 16.9 Å². The third-order valence-electron chi connectivity index (χ3n) is 2.30. The van der Waals surface area contributed by atoms with Crippen molar-refractivity contribution in [2.24, 2.45) is 7.05 Å². The Kier molecular flexibility index (Phi) is 3.15. The molecule has 0 atom stereocenters. The van der Waals surface area contributed by atoms with Gasteiger partial charge in [-0.3, -0.25) is 4.68 Å². The average molecular weight is 237 g/mol. The number of ether oxygens (including phenoxy) is 1. The maximum absolute atomic E-state index is 5.91. The zero-order valence-corrected chi connectivity index (χ0v) is 10.0. The Bertz CT molecular complexity index is 494. The molecule has 0 N–H and O–H groups in total. The SMILES string of the molecule is Cc1ccc(Cl)cc1OCc1cnn(C)c1. The number of nitrogens with zero attached hydrogens (tertiary/aromatic N) is 2. The lowest BCUT2D eigenvalue weighted by Crippen LogP contribution is -1.96. The molecule has 1 aromatic heterocycles. The second-order valence-corrected chi connectivity index (χ2v) is 4.16. The number of hydrogen-bond acceptors (Lipinski definition) is 2. The van der Waals surface area contributed by atoms with Crippen molar-refractivity contribution in [1.82, 2.24) is 9.78 Å². The predicted molar refractivity (Wildman–Crippen MR) is 63.7 cm³/mol. The van der Waals surface area contributed by atoms with Crippen LogP contribution in [0.3, 0.4) is 0 Å². The molecule has 0 saturated carbocycles. The summed E-state index contributed by atoms with van der Waals surface area (Å²) in [4.78, 5) is 0. The van der Waals surface area contributed by atoms with E-state index in [1.807, 2.05) is 38.4 Å². The highest BCUT2D eigenvalue weighted by Gasteiger charge is 2.02. The predicted octanol–water partition coefficient (Wildman–Crippen LogP) is 2.96. The molecule has 2 aromatic rings. The van der Waals surface area contributed by atoms with Crippen molar-refractivity contribution in [3.8, 4) is 5.75 Å². The van der Waals surface area contributed by atoms with Gasteiger partial charge in [-0.1, -0.05) is 17.7 Å². The normalized spacial score (nSPS) is 10.4. The van der Waals surface area contributed by atoms with Crippen LogP contribution in [0.4, 0.5) is 0 Å². The van der Waals surface area contributed by atoms with E-state index in [2.05, 4.69) is 5.10 Å². The highest BCUT2D eigenvalue weighted by Crippen LogP contribution is 2.23. The lowest BCUT2D eigenvalue weighted by molar-refractivity contribution is 0.304. The molecule has 0 fully saturated rings. The molecule has 84 valence electrons. The van der Waals surface area contributed by atoms with Crippen molar-refractivity contribution < 1.29 is 4.74 Å². The van der Waals surface area contributed by atoms with E-state index in [1.54, 1.807) is 10.9 Å². The number of halogens is 1. The maximum Gasteiger partial charge on any atom is 0.124 e. The molecule has 16 heavy (non-hydrogen) atoms. The summed E-state index contributed by atoms with van der Waals surface area (Å²) in [6.07, 6.45) is 3.72. The number of benzene rings is 1. The van der Waals surface area contributed by atoms with Crippen molar-refractivity contribution in [1.29, 1.82) is 0 Å². The van der Waals surface area contributed by atoms with Gasteiger partial charge in [-0.15, -0.1) is 0 Å². The lowest BCUT2D eigenvalue weighted by atomic mass is 10.2. The first kappa shape index (κ1) is 11.0. The van der Waals surface area contributed by atoms with E-state index in [0.29, 0.717) is 11.6 Å². The summed E-state index contributed by atoms with van der Waals surface area (Å²) in [5.41, 5.74) is 2.12. The fraction of sp³-hybridized carbons (Fsp3) is 0.250. The number of hydrogen-bond donors (Lipinski definition) is 0. The van der Waals surface area contributed by atoms with Crippen LogP contribution in [-0.4, -0.2) is 9.78 Å². The maximum atomic E-state index is 5.91. The quantitative estimate of drug-likeness (QED) is 0.819. The van der Waals surface area contributed by atoms with Gasteiger partial charge in [-0.05, 0) is 24.6 Å². The second kappa shape index (κ2) is 4.58. The fourth-order valence-electron chi connectivity index (χ4n) is 1.44. The molecule has 0 aliphatic carbocycles. The number of aromatic nitrogens is 2. The van der Waals surface area contributed by atoms with Gasteiger partial charge < -0.3 is 4.74 Å². The molecular formula is C12H13ClN2O. The highest BCUT2D eigenvalue weighted by atomic mass is 35.5. The first-order valence-corrected chi connectivity index (χ1v) is 5.39. The molecule has 0 bridgehead atoms. The second-order valence-electron chi connectivity index (χ2n) is 3.72. The van der Waals surface area contributed by atoms with Gasteiger partial charge in [0.15, 0.2) is 0 Å². The molecule has 1 heterocycles. The van der Waals surface area contributed by atoms with Crippen molar-refractivity contribution in [2.45, 2.75) is 13.5 Å². The van der Waals surface area contributed by atoms with Crippen LogP contribution in [0.15, 0.2) is 30.6 Å². The van der Waals surface area contributed by atoms with Gasteiger partial charge >= 0.3 is 0 Å². The van der Waals surface area contributed by atoms with Gasteiger partial charge in [0.1, 0.15) is 12.4 Å². The summed E-state index contributed by atoms with van der Waals surface area (Å²) < 4.78 is 7.43. The zero-order valence-electron chi connectivity index (χ0n) is 9.27. The minimum atomic E-state index is 0.509. The summed E-state index contributed by atoms with van der Waals surface area (Å²) in [7, 11) is 1.88. The molecule has 0 amide bonds. The van der Waals surface area contributed by atoms with Crippen molar-refractivity contribution in [3.63, 3.8) is 0 Å². The average Bonchev–Trinajstić information content (AvgIpc) is 2.66. The number of aryl methyl sites for hydroxylation is 2. The van der Waals surface area contributed by atoms with Crippen LogP contribution in [0, 0.1) is 6.92 Å². The molecule has 0 radical (unpaired) electrons. The van der Waals surface area contributed by atoms with Crippen molar-refractivity contribution in [3.05, 3.63) is 46.7 Å². The molecule has 4 heteroatoms. The largest absolute Gasteiger partial charge is 0.488 e. The van der Waals surface area contributed by atoms with E-state index in [-0.39, 0.29) is 0 Å². The Balaban J connectivity index is 2.07. The molecule has 1 aromatic carbocycles. The number of rotatable bonds is 3. The van der Waals surface area contributed by atoms with E-state index < -0.39 is 0 Å². The molecule has 2 rings (SSSR count). The van der Waals surface area contributed by atoms with Gasteiger partial charge in [0.25, 0.3) is 0 Å². The van der Waals surface area contributed by atoms with E-state index in [9.17, 15) is 0 Å². The Morgan fingerprint density at radius 2 is 2.25 bits per heavy atom. The Morgan fingerprint density at radius 3 is 2.94 bits per heavy atom. The molecule has 0 unspecified atom stereocenters. The summed E-state index contributed by atoms with van der Waals surface area (Å²) in [5.74, 6) is 0.816. The minimum Gasteiger partial charge on any atom is -0.488 e. The highest BCUT2D eigenvalue weighted by molar-refractivity contribution is 6.30. The van der Waals surface area contributed by atoms with Crippen LogP contribution < -0.4 is 4.74 Å². The molecular weight excluding hydrogens is 224 g/mol. The minimum absolute atomic E-state index is 0.509. The third kappa shape index (κ3) is 2.55. The van der Waals surface area contributed by atoms with Crippen LogP contribution >= 0.6 is 11.6 Å². The van der Waals surface area contributed by atoms with Gasteiger partial charge in [0.05, 0.1) is 6.20 Å². The standard InChI is InChI=1S/C12H13ClN2O/c1-9-3-4-11(13)5-12(9)16-8-10-6-14-15(2)7-10/h3-7H,8H2,1-2H3. The van der Waals surface area contributed by atoms with Crippen molar-refractivity contribution in [2.75, 3.05) is 0 Å². The van der Waals surface area contributed by atoms with E-state index in [1.165, 1.54) is 0 Å². The summed E-state index contributed by atoms with van der Waals surface area (Å²) in [6.45, 7) is 2.50. The molecule has 0 aliphatic heterocycles. The lowest BCUT2D eigenvalue weighted by Gasteiger charge is -2.07. The summed E-state index contributed by atoms with van der Waals surface area (Å²) in [5, 5.41) is 4.77. The van der Waals surface area contributed by atoms with Crippen LogP contribution in [0.5, 0.6) is 5.75 Å². The van der Waals surface area contributed by atoms with E-state index >= 15 is 0 Å². The fourth-order valence-corrected chi connectivity index (χ4v) is 1.60. The molecule has 0 aliphatic rings. The van der Waals surface area contributed by atoms with E-state index in [4.69, 9.17) is 16.3 Å². The molecule has 0 saturated heterocycles. The Morgan fingerprint density at radius 1 is 1.44 bits per heavy atom. The van der Waals surface area contributed by atoms with Gasteiger partial charge in [0, 0.05) is 23.8 Å². The van der Waals surface area contributed by atoms with Crippen molar-refractivity contribution >= 4 is 11.6 Å². The summed E-state index contributed by atoms with van der Waals surface area (Å²) >= 11 is 5.91. The topological polar surface area (TPSA) is 27.1 Å². The molecule has 0 spiro atoms. The van der Waals surface area contributed by atoms with Crippen LogP contribution in [0.1, 0.15) is 11.1 Å². The van der Waals surface area contributed by atoms with Gasteiger partial charge in [-0.2, -0.15) is 5.10 Å².